The molecule has 2 aromatic carbocycles. The summed E-state index contributed by atoms with van der Waals surface area (Å²) in [5.74, 6) is 0.826. The summed E-state index contributed by atoms with van der Waals surface area (Å²) < 4.78 is 2.61. The summed E-state index contributed by atoms with van der Waals surface area (Å²) in [7, 11) is 0. The Labute approximate surface area is 153 Å². The summed E-state index contributed by atoms with van der Waals surface area (Å²) in [6.45, 7) is 10.4. The van der Waals surface area contributed by atoms with E-state index in [1.54, 1.807) is 0 Å². The Morgan fingerprint density at radius 1 is 1.28 bits per heavy atom. The van der Waals surface area contributed by atoms with Gasteiger partial charge in [0.1, 0.15) is 0 Å². The Kier molecular flexibility index (Phi) is 5.00. The summed E-state index contributed by atoms with van der Waals surface area (Å²) in [6, 6.07) is 12.9. The third-order valence-corrected chi connectivity index (χ3v) is 4.74. The Balaban J connectivity index is 2.23. The van der Waals surface area contributed by atoms with Crippen LogP contribution in [0.15, 0.2) is 54.6 Å². The van der Waals surface area contributed by atoms with Crippen molar-refractivity contribution < 1.29 is 0 Å². The second kappa shape index (κ2) is 7.19. The number of aromatic amines is 1. The zero-order valence-electron chi connectivity index (χ0n) is 15.0. The van der Waals surface area contributed by atoms with E-state index in [0.717, 1.165) is 35.5 Å². The number of nitrogens with one attached hydrogen (secondary N) is 1. The molecule has 0 aliphatic carbocycles. The standard InChI is InChI=1S/C21H23N3S/c1-5-14(3)12-15(4)20-22-23-21(25)24(20)19-9-7-8-17-13-16(6-2)10-11-18(17)19/h7-13H,3,5-6H2,1-2,4H3,(H,23,25)/b15-12+. The van der Waals surface area contributed by atoms with E-state index in [1.165, 1.54) is 16.3 Å². The molecule has 25 heavy (non-hydrogen) atoms. The van der Waals surface area contributed by atoms with Crippen LogP contribution in [-0.2, 0) is 6.42 Å². The van der Waals surface area contributed by atoms with Gasteiger partial charge in [0, 0.05) is 5.39 Å². The largest absolute Gasteiger partial charge is 0.268 e. The molecule has 0 atom stereocenters. The summed E-state index contributed by atoms with van der Waals surface area (Å²) >= 11 is 5.52. The van der Waals surface area contributed by atoms with Gasteiger partial charge >= 0.3 is 0 Å². The molecule has 0 fully saturated rings. The van der Waals surface area contributed by atoms with E-state index in [4.69, 9.17) is 12.2 Å². The normalized spacial score (nSPS) is 11.9. The van der Waals surface area contributed by atoms with E-state index in [9.17, 15) is 0 Å². The van der Waals surface area contributed by atoms with E-state index < -0.39 is 0 Å². The lowest BCUT2D eigenvalue weighted by molar-refractivity contribution is 1.01. The minimum absolute atomic E-state index is 0.594. The minimum atomic E-state index is 0.594. The number of hydrogen-bond acceptors (Lipinski definition) is 2. The molecule has 0 aliphatic heterocycles. The van der Waals surface area contributed by atoms with Crippen LogP contribution in [0, 0.1) is 4.77 Å². The van der Waals surface area contributed by atoms with Crippen molar-refractivity contribution in [2.75, 3.05) is 0 Å². The third-order valence-electron chi connectivity index (χ3n) is 4.47. The molecular formula is C21H23N3S. The van der Waals surface area contributed by atoms with Crippen LogP contribution in [0.25, 0.3) is 22.0 Å². The first kappa shape index (κ1) is 17.4. The lowest BCUT2D eigenvalue weighted by Crippen LogP contribution is -2.01. The Bertz CT molecular complexity index is 1020. The Morgan fingerprint density at radius 3 is 2.80 bits per heavy atom. The lowest BCUT2D eigenvalue weighted by atomic mass is 10.0. The van der Waals surface area contributed by atoms with Gasteiger partial charge in [-0.05, 0) is 54.6 Å². The summed E-state index contributed by atoms with van der Waals surface area (Å²) in [4.78, 5) is 0. The van der Waals surface area contributed by atoms with Gasteiger partial charge in [-0.15, -0.1) is 0 Å². The number of benzene rings is 2. The zero-order valence-corrected chi connectivity index (χ0v) is 15.8. The highest BCUT2D eigenvalue weighted by Crippen LogP contribution is 2.27. The minimum Gasteiger partial charge on any atom is -0.268 e. The topological polar surface area (TPSA) is 33.6 Å². The summed E-state index contributed by atoms with van der Waals surface area (Å²) in [6.07, 6.45) is 4.01. The van der Waals surface area contributed by atoms with Crippen molar-refractivity contribution in [2.45, 2.75) is 33.6 Å². The molecular weight excluding hydrogens is 326 g/mol. The lowest BCUT2D eigenvalue weighted by Gasteiger charge is -2.12. The second-order valence-electron chi connectivity index (χ2n) is 6.21. The molecule has 3 rings (SSSR count). The van der Waals surface area contributed by atoms with Gasteiger partial charge in [0.15, 0.2) is 10.6 Å². The SMILES string of the molecule is C=C(/C=C(\C)c1n[nH]c(=S)n1-c1cccc2cc(CC)ccc12)CC. The average molecular weight is 350 g/mol. The van der Waals surface area contributed by atoms with Gasteiger partial charge in [-0.25, -0.2) is 0 Å². The average Bonchev–Trinajstić information content (AvgIpc) is 3.01. The molecule has 0 amide bonds. The van der Waals surface area contributed by atoms with Crippen molar-refractivity contribution in [2.24, 2.45) is 0 Å². The predicted molar refractivity (Wildman–Crippen MR) is 109 cm³/mol. The van der Waals surface area contributed by atoms with Gasteiger partial charge in [-0.2, -0.15) is 5.10 Å². The fourth-order valence-electron chi connectivity index (χ4n) is 2.99. The van der Waals surface area contributed by atoms with Crippen LogP contribution in [0.4, 0.5) is 0 Å². The molecule has 0 spiro atoms. The molecule has 0 aliphatic rings. The molecule has 0 unspecified atom stereocenters. The maximum Gasteiger partial charge on any atom is 0.200 e. The molecule has 0 saturated carbocycles. The van der Waals surface area contributed by atoms with Gasteiger partial charge in [-0.1, -0.05) is 62.4 Å². The zero-order chi connectivity index (χ0) is 18.0. The second-order valence-corrected chi connectivity index (χ2v) is 6.60. The van der Waals surface area contributed by atoms with Crippen LogP contribution < -0.4 is 0 Å². The Hall–Kier alpha value is -2.46. The third kappa shape index (κ3) is 3.35. The number of rotatable bonds is 5. The number of aryl methyl sites for hydroxylation is 1. The van der Waals surface area contributed by atoms with E-state index in [1.807, 2.05) is 11.5 Å². The monoisotopic (exact) mass is 349 g/mol. The fraction of sp³-hybridized carbons (Fsp3) is 0.238. The number of fused-ring (bicyclic) bond motifs is 1. The number of nitrogens with zero attached hydrogens (tertiary/aromatic N) is 2. The van der Waals surface area contributed by atoms with Crippen LogP contribution in [0.5, 0.6) is 0 Å². The summed E-state index contributed by atoms with van der Waals surface area (Å²) in [5, 5.41) is 9.78. The van der Waals surface area contributed by atoms with Crippen LogP contribution in [0.1, 0.15) is 38.6 Å². The van der Waals surface area contributed by atoms with Gasteiger partial charge < -0.3 is 0 Å². The van der Waals surface area contributed by atoms with Crippen molar-refractivity contribution in [1.82, 2.24) is 14.8 Å². The number of allylic oxidation sites excluding steroid dienone is 3. The maximum atomic E-state index is 5.52. The first-order valence-corrected chi connectivity index (χ1v) is 9.01. The van der Waals surface area contributed by atoms with Gasteiger partial charge in [0.2, 0.25) is 0 Å². The predicted octanol–water partition coefficient (Wildman–Crippen LogP) is 6.01. The number of hydrogen-bond donors (Lipinski definition) is 1. The first-order chi connectivity index (χ1) is 12.0. The van der Waals surface area contributed by atoms with E-state index >= 15 is 0 Å². The highest BCUT2D eigenvalue weighted by molar-refractivity contribution is 7.71. The highest BCUT2D eigenvalue weighted by atomic mass is 32.1. The van der Waals surface area contributed by atoms with E-state index in [-0.39, 0.29) is 0 Å². The molecule has 1 heterocycles. The Morgan fingerprint density at radius 2 is 2.08 bits per heavy atom. The number of H-pyrrole nitrogens is 1. The van der Waals surface area contributed by atoms with Crippen molar-refractivity contribution in [1.29, 1.82) is 0 Å². The molecule has 128 valence electrons. The van der Waals surface area contributed by atoms with Gasteiger partial charge in [0.05, 0.1) is 5.69 Å². The molecule has 1 aromatic heterocycles. The van der Waals surface area contributed by atoms with Crippen molar-refractivity contribution in [3.63, 3.8) is 0 Å². The first-order valence-electron chi connectivity index (χ1n) is 8.61. The molecule has 0 saturated heterocycles. The molecule has 1 N–H and O–H groups in total. The summed E-state index contributed by atoms with van der Waals surface area (Å²) in [5.41, 5.74) is 4.49. The van der Waals surface area contributed by atoms with Crippen molar-refractivity contribution >= 4 is 28.6 Å². The fourth-order valence-corrected chi connectivity index (χ4v) is 3.22. The quantitative estimate of drug-likeness (QED) is 0.452. The smallest absolute Gasteiger partial charge is 0.200 e. The van der Waals surface area contributed by atoms with Crippen LogP contribution in [-0.4, -0.2) is 14.8 Å². The molecule has 3 nitrogen and oxygen atoms in total. The highest BCUT2D eigenvalue weighted by Gasteiger charge is 2.13. The molecule has 0 radical (unpaired) electrons. The maximum absolute atomic E-state index is 5.52. The van der Waals surface area contributed by atoms with Gasteiger partial charge in [0.25, 0.3) is 0 Å². The van der Waals surface area contributed by atoms with Gasteiger partial charge in [-0.3, -0.25) is 9.67 Å². The number of aromatic nitrogens is 3. The van der Waals surface area contributed by atoms with Crippen LogP contribution >= 0.6 is 12.2 Å². The van der Waals surface area contributed by atoms with E-state index in [2.05, 4.69) is 73.1 Å². The molecule has 3 aromatic rings. The van der Waals surface area contributed by atoms with Crippen LogP contribution in [0.3, 0.4) is 0 Å². The molecule has 0 bridgehead atoms. The van der Waals surface area contributed by atoms with Crippen LogP contribution in [0.2, 0.25) is 0 Å². The van der Waals surface area contributed by atoms with Crippen molar-refractivity contribution in [3.8, 4) is 5.69 Å². The van der Waals surface area contributed by atoms with Crippen molar-refractivity contribution in [3.05, 3.63) is 70.8 Å². The molecule has 4 heteroatoms. The van der Waals surface area contributed by atoms with E-state index in [0.29, 0.717) is 4.77 Å².